The lowest BCUT2D eigenvalue weighted by molar-refractivity contribution is 0.102. The first-order chi connectivity index (χ1) is 11.6. The van der Waals surface area contributed by atoms with E-state index in [1.807, 2.05) is 7.05 Å². The van der Waals surface area contributed by atoms with Crippen molar-refractivity contribution in [1.82, 2.24) is 15.1 Å². The maximum absolute atomic E-state index is 12.5. The van der Waals surface area contributed by atoms with Crippen LogP contribution in [0.5, 0.6) is 0 Å². The van der Waals surface area contributed by atoms with Gasteiger partial charge >= 0.3 is 6.03 Å². The van der Waals surface area contributed by atoms with Crippen molar-refractivity contribution in [3.05, 3.63) is 41.1 Å². The van der Waals surface area contributed by atoms with E-state index in [4.69, 9.17) is 0 Å². The highest BCUT2D eigenvalue weighted by Crippen LogP contribution is 2.28. The number of aromatic nitrogens is 2. The number of hydrogen-bond donors (Lipinski definition) is 2. The normalized spacial score (nSPS) is 16.2. The number of nitrogens with zero attached hydrogens (tertiary/aromatic N) is 3. The molecule has 2 aromatic rings. The Bertz CT molecular complexity index is 809. The van der Waals surface area contributed by atoms with Crippen LogP contribution in [-0.2, 0) is 19.9 Å². The van der Waals surface area contributed by atoms with Gasteiger partial charge in [0.05, 0.1) is 5.69 Å². The van der Waals surface area contributed by atoms with Gasteiger partial charge < -0.3 is 10.6 Å². The zero-order valence-corrected chi connectivity index (χ0v) is 13.5. The van der Waals surface area contributed by atoms with E-state index in [2.05, 4.69) is 15.7 Å². The number of carbonyl (C=O) groups excluding carboxylic acids is 2. The summed E-state index contributed by atoms with van der Waals surface area (Å²) < 4.78 is 1.74. The minimum Gasteiger partial charge on any atom is -0.336 e. The highest BCUT2D eigenvalue weighted by Gasteiger charge is 2.23. The molecule has 2 N–H and O–H groups in total. The third-order valence-electron chi connectivity index (χ3n) is 4.60. The molecule has 1 fully saturated rings. The number of amides is 3. The van der Waals surface area contributed by atoms with Crippen LogP contribution in [0.15, 0.2) is 24.3 Å². The molecule has 7 nitrogen and oxygen atoms in total. The Morgan fingerprint density at radius 3 is 2.75 bits per heavy atom. The molecule has 0 atom stereocenters. The number of rotatable bonds is 3. The Morgan fingerprint density at radius 2 is 2.04 bits per heavy atom. The first-order valence-electron chi connectivity index (χ1n) is 8.15. The first-order valence-corrected chi connectivity index (χ1v) is 8.15. The van der Waals surface area contributed by atoms with Crippen LogP contribution in [0.1, 0.15) is 28.0 Å². The monoisotopic (exact) mass is 325 g/mol. The molecule has 1 aromatic heterocycles. The van der Waals surface area contributed by atoms with Crippen LogP contribution in [0.3, 0.4) is 0 Å². The maximum atomic E-state index is 12.5. The molecule has 3 amide bonds. The number of carbonyl (C=O) groups is 2. The van der Waals surface area contributed by atoms with Gasteiger partial charge in [0.25, 0.3) is 5.91 Å². The summed E-state index contributed by atoms with van der Waals surface area (Å²) in [6.45, 7) is 1.29. The number of aryl methyl sites for hydroxylation is 2. The Morgan fingerprint density at radius 1 is 1.25 bits per heavy atom. The molecule has 1 saturated heterocycles. The second-order valence-corrected chi connectivity index (χ2v) is 6.14. The van der Waals surface area contributed by atoms with Crippen molar-refractivity contribution in [1.29, 1.82) is 0 Å². The van der Waals surface area contributed by atoms with E-state index < -0.39 is 0 Å². The maximum Gasteiger partial charge on any atom is 0.321 e. The van der Waals surface area contributed by atoms with Crippen molar-refractivity contribution in [3.8, 4) is 0 Å². The molecule has 0 unspecified atom stereocenters. The lowest BCUT2D eigenvalue weighted by Crippen LogP contribution is -2.27. The molecule has 0 saturated carbocycles. The summed E-state index contributed by atoms with van der Waals surface area (Å²) in [4.78, 5) is 25.9. The fourth-order valence-corrected chi connectivity index (χ4v) is 3.37. The second-order valence-electron chi connectivity index (χ2n) is 6.14. The Balaban J connectivity index is 1.52. The molecule has 0 bridgehead atoms. The van der Waals surface area contributed by atoms with Gasteiger partial charge in [-0.3, -0.25) is 14.4 Å². The molecule has 1 aliphatic carbocycles. The van der Waals surface area contributed by atoms with Gasteiger partial charge in [-0.2, -0.15) is 5.10 Å². The van der Waals surface area contributed by atoms with Crippen LogP contribution >= 0.6 is 0 Å². The van der Waals surface area contributed by atoms with Gasteiger partial charge in [-0.25, -0.2) is 4.79 Å². The number of hydrogen-bond acceptors (Lipinski definition) is 3. The van der Waals surface area contributed by atoms with Gasteiger partial charge in [-0.05, 0) is 43.5 Å². The molecule has 7 heteroatoms. The van der Waals surface area contributed by atoms with E-state index in [0.717, 1.165) is 42.0 Å². The molecule has 124 valence electrons. The van der Waals surface area contributed by atoms with E-state index in [9.17, 15) is 9.59 Å². The van der Waals surface area contributed by atoms with Crippen molar-refractivity contribution in [2.75, 3.05) is 23.3 Å². The van der Waals surface area contributed by atoms with Crippen molar-refractivity contribution in [3.63, 3.8) is 0 Å². The van der Waals surface area contributed by atoms with E-state index in [0.29, 0.717) is 18.7 Å². The number of anilines is 2. The number of fused-ring (bicyclic) bond motifs is 1. The SMILES string of the molecule is Cn1nc2c(c1NC(=O)c1ccc(N3CCNC3=O)cc1)CCC2. The fourth-order valence-electron chi connectivity index (χ4n) is 3.37. The van der Waals surface area contributed by atoms with Crippen molar-refractivity contribution in [2.24, 2.45) is 7.05 Å². The van der Waals surface area contributed by atoms with Crippen LogP contribution in [-0.4, -0.2) is 34.8 Å². The number of benzene rings is 1. The van der Waals surface area contributed by atoms with Crippen molar-refractivity contribution >= 4 is 23.4 Å². The predicted molar refractivity (Wildman–Crippen MR) is 90.4 cm³/mol. The molecule has 1 aromatic carbocycles. The van der Waals surface area contributed by atoms with Gasteiger partial charge in [0, 0.05) is 37.0 Å². The highest BCUT2D eigenvalue weighted by atomic mass is 16.2. The second kappa shape index (κ2) is 5.67. The number of nitrogens with one attached hydrogen (secondary N) is 2. The lowest BCUT2D eigenvalue weighted by atomic mass is 10.1. The van der Waals surface area contributed by atoms with Crippen LogP contribution in [0.25, 0.3) is 0 Å². The fraction of sp³-hybridized carbons (Fsp3) is 0.353. The Labute approximate surface area is 139 Å². The quantitative estimate of drug-likeness (QED) is 0.901. The zero-order valence-electron chi connectivity index (χ0n) is 13.5. The van der Waals surface area contributed by atoms with Crippen LogP contribution < -0.4 is 15.5 Å². The minimum atomic E-state index is -0.162. The molecule has 24 heavy (non-hydrogen) atoms. The standard InChI is InChI=1S/C17H19N5O2/c1-21-15(13-3-2-4-14(13)20-21)19-16(23)11-5-7-12(8-6-11)22-10-9-18-17(22)24/h5-8H,2-4,9-10H2,1H3,(H,18,24)(H,19,23). The summed E-state index contributed by atoms with van der Waals surface area (Å²) in [5.41, 5.74) is 3.59. The predicted octanol–water partition coefficient (Wildman–Crippen LogP) is 1.69. The van der Waals surface area contributed by atoms with Gasteiger partial charge in [0.2, 0.25) is 0 Å². The first kappa shape index (κ1) is 14.7. The van der Waals surface area contributed by atoms with E-state index >= 15 is 0 Å². The zero-order chi connectivity index (χ0) is 16.7. The van der Waals surface area contributed by atoms with Gasteiger partial charge in [-0.15, -0.1) is 0 Å². The molecule has 0 radical (unpaired) electrons. The van der Waals surface area contributed by atoms with Crippen LogP contribution in [0, 0.1) is 0 Å². The lowest BCUT2D eigenvalue weighted by Gasteiger charge is -2.14. The van der Waals surface area contributed by atoms with Crippen LogP contribution in [0.4, 0.5) is 16.3 Å². The molecule has 4 rings (SSSR count). The summed E-state index contributed by atoms with van der Waals surface area (Å²) in [5, 5.41) is 10.2. The van der Waals surface area contributed by atoms with E-state index in [-0.39, 0.29) is 11.9 Å². The number of urea groups is 1. The topological polar surface area (TPSA) is 79.3 Å². The minimum absolute atomic E-state index is 0.0994. The average molecular weight is 325 g/mol. The smallest absolute Gasteiger partial charge is 0.321 e. The summed E-state index contributed by atoms with van der Waals surface area (Å²) in [6.07, 6.45) is 3.03. The van der Waals surface area contributed by atoms with Crippen LogP contribution in [0.2, 0.25) is 0 Å². The highest BCUT2D eigenvalue weighted by molar-refractivity contribution is 6.04. The molecular formula is C17H19N5O2. The third kappa shape index (κ3) is 2.42. The van der Waals surface area contributed by atoms with Gasteiger partial charge in [0.15, 0.2) is 0 Å². The Hall–Kier alpha value is -2.83. The molecule has 1 aliphatic heterocycles. The Kier molecular flexibility index (Phi) is 3.48. The van der Waals surface area contributed by atoms with Crippen molar-refractivity contribution in [2.45, 2.75) is 19.3 Å². The molecule has 2 heterocycles. The summed E-state index contributed by atoms with van der Waals surface area (Å²) in [7, 11) is 1.85. The third-order valence-corrected chi connectivity index (χ3v) is 4.60. The summed E-state index contributed by atoms with van der Waals surface area (Å²) in [5.74, 6) is 0.626. The molecule has 2 aliphatic rings. The van der Waals surface area contributed by atoms with Gasteiger partial charge in [0.1, 0.15) is 5.82 Å². The summed E-state index contributed by atoms with van der Waals surface area (Å²) in [6, 6.07) is 6.98. The largest absolute Gasteiger partial charge is 0.336 e. The summed E-state index contributed by atoms with van der Waals surface area (Å²) >= 11 is 0. The average Bonchev–Trinajstić information content (AvgIpc) is 3.26. The van der Waals surface area contributed by atoms with E-state index in [1.54, 1.807) is 33.8 Å². The van der Waals surface area contributed by atoms with Gasteiger partial charge in [-0.1, -0.05) is 0 Å². The molecular weight excluding hydrogens is 306 g/mol. The van der Waals surface area contributed by atoms with E-state index in [1.165, 1.54) is 0 Å². The van der Waals surface area contributed by atoms with Crippen molar-refractivity contribution < 1.29 is 9.59 Å². The molecule has 0 spiro atoms.